The maximum atomic E-state index is 13.1. The molecule has 31 heavy (non-hydrogen) atoms. The minimum atomic E-state index is -3.56. The van der Waals surface area contributed by atoms with Crippen molar-refractivity contribution in [3.63, 3.8) is 0 Å². The van der Waals surface area contributed by atoms with Crippen molar-refractivity contribution in [1.82, 2.24) is 4.31 Å². The van der Waals surface area contributed by atoms with Crippen LogP contribution in [0.1, 0.15) is 24.8 Å². The van der Waals surface area contributed by atoms with Crippen molar-refractivity contribution in [2.24, 2.45) is 0 Å². The van der Waals surface area contributed by atoms with Crippen LogP contribution >= 0.6 is 11.6 Å². The number of hydrogen-bond acceptors (Lipinski definition) is 5. The first-order chi connectivity index (χ1) is 14.7. The van der Waals surface area contributed by atoms with E-state index < -0.39 is 10.0 Å². The number of halogens is 1. The van der Waals surface area contributed by atoms with E-state index in [0.29, 0.717) is 29.5 Å². The summed E-state index contributed by atoms with van der Waals surface area (Å²) in [6.07, 6.45) is 2.81. The number of nitrogens with zero attached hydrogens (tertiary/aromatic N) is 2. The lowest BCUT2D eigenvalue weighted by atomic mass is 10.2. The number of carbonyl (C=O) groups is 1. The molecule has 1 aliphatic heterocycles. The highest BCUT2D eigenvalue weighted by Gasteiger charge is 2.26. The fourth-order valence-electron chi connectivity index (χ4n) is 3.51. The maximum absolute atomic E-state index is 13.1. The van der Waals surface area contributed by atoms with E-state index >= 15 is 0 Å². The third-order valence-electron chi connectivity index (χ3n) is 5.30. The van der Waals surface area contributed by atoms with Crippen LogP contribution in [0.25, 0.3) is 0 Å². The zero-order valence-electron chi connectivity index (χ0n) is 18.1. The Morgan fingerprint density at radius 3 is 2.45 bits per heavy atom. The summed E-state index contributed by atoms with van der Waals surface area (Å²) in [5.74, 6) is -0.256. The van der Waals surface area contributed by atoms with Crippen molar-refractivity contribution < 1.29 is 13.2 Å². The Balaban J connectivity index is 1.76. The number of hydrogen-bond donors (Lipinski definition) is 2. The SMILES string of the molecule is Cc1ccc(NC(=O)CNc2cc(S(=O)(=O)N3CCCCC3)ccc2N(C)C)cc1Cl. The molecule has 1 amide bonds. The molecular weight excluding hydrogens is 436 g/mol. The van der Waals surface area contributed by atoms with Crippen LogP contribution in [-0.2, 0) is 14.8 Å². The van der Waals surface area contributed by atoms with Gasteiger partial charge in [-0.25, -0.2) is 8.42 Å². The minimum absolute atomic E-state index is 0.0143. The summed E-state index contributed by atoms with van der Waals surface area (Å²) in [5, 5.41) is 6.47. The van der Waals surface area contributed by atoms with Gasteiger partial charge in [-0.05, 0) is 55.7 Å². The summed E-state index contributed by atoms with van der Waals surface area (Å²) in [4.78, 5) is 14.5. The average molecular weight is 465 g/mol. The zero-order valence-corrected chi connectivity index (χ0v) is 19.7. The Kier molecular flexibility index (Phi) is 7.46. The molecule has 1 fully saturated rings. The van der Waals surface area contributed by atoms with Crippen LogP contribution in [-0.4, -0.2) is 52.4 Å². The van der Waals surface area contributed by atoms with E-state index in [1.54, 1.807) is 34.6 Å². The number of rotatable bonds is 7. The Bertz CT molecular complexity index is 1050. The number of amides is 1. The molecule has 1 heterocycles. The van der Waals surface area contributed by atoms with Crippen LogP contribution in [0.3, 0.4) is 0 Å². The number of sulfonamides is 1. The molecule has 7 nitrogen and oxygen atoms in total. The predicted octanol–water partition coefficient (Wildman–Crippen LogP) is 3.94. The highest BCUT2D eigenvalue weighted by molar-refractivity contribution is 7.89. The van der Waals surface area contributed by atoms with E-state index in [9.17, 15) is 13.2 Å². The summed E-state index contributed by atoms with van der Waals surface area (Å²) < 4.78 is 27.6. The third-order valence-corrected chi connectivity index (χ3v) is 7.60. The molecule has 0 radical (unpaired) electrons. The van der Waals surface area contributed by atoms with Crippen molar-refractivity contribution in [3.05, 3.63) is 47.0 Å². The van der Waals surface area contributed by atoms with E-state index in [2.05, 4.69) is 10.6 Å². The second-order valence-corrected chi connectivity index (χ2v) is 10.2. The largest absolute Gasteiger partial charge is 0.376 e. The van der Waals surface area contributed by atoms with Gasteiger partial charge in [0.1, 0.15) is 0 Å². The number of carbonyl (C=O) groups excluding carboxylic acids is 1. The molecule has 0 spiro atoms. The molecule has 0 atom stereocenters. The van der Waals surface area contributed by atoms with Gasteiger partial charge in [-0.3, -0.25) is 4.79 Å². The highest BCUT2D eigenvalue weighted by Crippen LogP contribution is 2.30. The van der Waals surface area contributed by atoms with Gasteiger partial charge >= 0.3 is 0 Å². The Hall–Kier alpha value is -2.29. The van der Waals surface area contributed by atoms with Crippen LogP contribution in [0, 0.1) is 6.92 Å². The molecule has 0 saturated carbocycles. The van der Waals surface area contributed by atoms with Gasteiger partial charge in [0.2, 0.25) is 15.9 Å². The van der Waals surface area contributed by atoms with Crippen molar-refractivity contribution >= 4 is 44.6 Å². The van der Waals surface area contributed by atoms with Crippen LogP contribution in [0.15, 0.2) is 41.3 Å². The maximum Gasteiger partial charge on any atom is 0.243 e. The summed E-state index contributed by atoms with van der Waals surface area (Å²) in [6.45, 7) is 2.97. The Morgan fingerprint density at radius 2 is 1.81 bits per heavy atom. The molecule has 2 N–H and O–H groups in total. The molecule has 9 heteroatoms. The highest BCUT2D eigenvalue weighted by atomic mass is 35.5. The standard InChI is InChI=1S/C22H29ClN4O3S/c1-16-7-8-17(13-19(16)23)25-22(28)15-24-20-14-18(9-10-21(20)26(2)3)31(29,30)27-11-5-4-6-12-27/h7-10,13-14,24H,4-6,11-12,15H2,1-3H3,(H,25,28). The van der Waals surface area contributed by atoms with Gasteiger partial charge in [-0.1, -0.05) is 24.1 Å². The molecule has 0 aromatic heterocycles. The first-order valence-electron chi connectivity index (χ1n) is 10.3. The van der Waals surface area contributed by atoms with E-state index in [1.165, 1.54) is 0 Å². The second kappa shape index (κ2) is 9.89. The number of anilines is 3. The number of piperidine rings is 1. The molecule has 168 valence electrons. The van der Waals surface area contributed by atoms with E-state index in [4.69, 9.17) is 11.6 Å². The zero-order chi connectivity index (χ0) is 22.6. The molecule has 2 aromatic rings. The van der Waals surface area contributed by atoms with Gasteiger partial charge in [0, 0.05) is 37.9 Å². The van der Waals surface area contributed by atoms with Gasteiger partial charge in [-0.15, -0.1) is 0 Å². The first kappa shape index (κ1) is 23.4. The molecule has 0 bridgehead atoms. The van der Waals surface area contributed by atoms with Gasteiger partial charge in [0.25, 0.3) is 0 Å². The van der Waals surface area contributed by atoms with Gasteiger partial charge < -0.3 is 15.5 Å². The van der Waals surface area contributed by atoms with Crippen molar-refractivity contribution in [3.8, 4) is 0 Å². The lowest BCUT2D eigenvalue weighted by Gasteiger charge is -2.27. The lowest BCUT2D eigenvalue weighted by molar-refractivity contribution is -0.114. The van der Waals surface area contributed by atoms with Crippen LogP contribution < -0.4 is 15.5 Å². The minimum Gasteiger partial charge on any atom is -0.376 e. The topological polar surface area (TPSA) is 81.8 Å². The van der Waals surface area contributed by atoms with Crippen molar-refractivity contribution in [2.75, 3.05) is 49.3 Å². The molecular formula is C22H29ClN4O3S. The normalized spacial score (nSPS) is 14.8. The summed E-state index contributed by atoms with van der Waals surface area (Å²) in [7, 11) is 0.174. The number of benzene rings is 2. The molecule has 0 aliphatic carbocycles. The van der Waals surface area contributed by atoms with Crippen LogP contribution in [0.2, 0.25) is 5.02 Å². The molecule has 0 unspecified atom stereocenters. The Labute approximate surface area is 189 Å². The molecule has 1 aliphatic rings. The van der Waals surface area contributed by atoms with Crippen molar-refractivity contribution in [2.45, 2.75) is 31.1 Å². The predicted molar refractivity (Wildman–Crippen MR) is 127 cm³/mol. The smallest absolute Gasteiger partial charge is 0.243 e. The van der Waals surface area contributed by atoms with E-state index in [1.807, 2.05) is 32.0 Å². The molecule has 1 saturated heterocycles. The molecule has 3 rings (SSSR count). The first-order valence-corrected chi connectivity index (χ1v) is 12.1. The van der Waals surface area contributed by atoms with Crippen molar-refractivity contribution in [1.29, 1.82) is 0 Å². The van der Waals surface area contributed by atoms with Gasteiger partial charge in [0.15, 0.2) is 0 Å². The van der Waals surface area contributed by atoms with E-state index in [0.717, 1.165) is 30.5 Å². The fourth-order valence-corrected chi connectivity index (χ4v) is 5.24. The summed E-state index contributed by atoms with van der Waals surface area (Å²) in [5.41, 5.74) is 2.92. The van der Waals surface area contributed by atoms with E-state index in [-0.39, 0.29) is 17.3 Å². The third kappa shape index (κ3) is 5.70. The van der Waals surface area contributed by atoms with Gasteiger partial charge in [-0.2, -0.15) is 4.31 Å². The summed E-state index contributed by atoms with van der Waals surface area (Å²) >= 11 is 6.12. The number of nitrogens with one attached hydrogen (secondary N) is 2. The number of aryl methyl sites for hydroxylation is 1. The molecule has 2 aromatic carbocycles. The quantitative estimate of drug-likeness (QED) is 0.648. The van der Waals surface area contributed by atoms with Crippen LogP contribution in [0.5, 0.6) is 0 Å². The van der Waals surface area contributed by atoms with Gasteiger partial charge in [0.05, 0.1) is 22.8 Å². The van der Waals surface area contributed by atoms with Crippen LogP contribution in [0.4, 0.5) is 17.1 Å². The fraction of sp³-hybridized carbons (Fsp3) is 0.409. The second-order valence-electron chi connectivity index (χ2n) is 7.90. The average Bonchev–Trinajstić information content (AvgIpc) is 2.75. The summed E-state index contributed by atoms with van der Waals surface area (Å²) in [6, 6.07) is 10.3. The lowest BCUT2D eigenvalue weighted by Crippen LogP contribution is -2.35. The monoisotopic (exact) mass is 464 g/mol. The Morgan fingerprint density at radius 1 is 1.10 bits per heavy atom.